The van der Waals surface area contributed by atoms with Crippen LogP contribution >= 0.6 is 0 Å². The molecule has 0 atom stereocenters. The molecule has 0 bridgehead atoms. The van der Waals surface area contributed by atoms with Crippen molar-refractivity contribution in [2.75, 3.05) is 0 Å². The fourth-order valence-corrected chi connectivity index (χ4v) is 0.597. The Morgan fingerprint density at radius 3 is 2.70 bits per heavy atom. The summed E-state index contributed by atoms with van der Waals surface area (Å²) < 4.78 is 12.3. The molecule has 10 heavy (non-hydrogen) atoms. The van der Waals surface area contributed by atoms with E-state index in [-0.39, 0.29) is 5.56 Å². The Bertz CT molecular complexity index is 290. The van der Waals surface area contributed by atoms with Crippen LogP contribution in [0.15, 0.2) is 18.2 Å². The van der Waals surface area contributed by atoms with Crippen LogP contribution in [0.25, 0.3) is 0 Å². The normalized spacial score (nSPS) is 8.80. The van der Waals surface area contributed by atoms with E-state index in [0.717, 1.165) is 6.07 Å². The molecule has 0 aliphatic heterocycles. The predicted octanol–water partition coefficient (Wildman–Crippen LogP) is 1.84. The van der Waals surface area contributed by atoms with Gasteiger partial charge < -0.3 is 0 Å². The van der Waals surface area contributed by atoms with Gasteiger partial charge in [-0.25, -0.2) is 4.39 Å². The first-order chi connectivity index (χ1) is 4.75. The highest BCUT2D eigenvalue weighted by Gasteiger charge is 2.06. The molecule has 0 aliphatic rings. The summed E-state index contributed by atoms with van der Waals surface area (Å²) in [5, 5.41) is 18.8. The van der Waals surface area contributed by atoms with Crippen molar-refractivity contribution in [3.05, 3.63) is 29.6 Å². The summed E-state index contributed by atoms with van der Waals surface area (Å²) in [6, 6.07) is 5.23. The van der Waals surface area contributed by atoms with Gasteiger partial charge in [-0.15, -0.1) is 0 Å². The summed E-state index contributed by atoms with van der Waals surface area (Å²) in [5.74, 6) is -1.70. The number of para-hydroxylation sites is 1. The molecule has 0 heterocycles. The summed E-state index contributed by atoms with van der Waals surface area (Å²) in [6.45, 7) is 0. The number of benzene rings is 1. The number of hydrogen-bond donors (Lipinski definition) is 0. The number of rotatable bonds is 0. The van der Waals surface area contributed by atoms with Crippen molar-refractivity contribution in [2.45, 2.75) is 0 Å². The van der Waals surface area contributed by atoms with Gasteiger partial charge in [-0.05, 0) is 12.1 Å². The second kappa shape index (κ2) is 2.36. The molecule has 0 amide bonds. The smallest absolute Gasteiger partial charge is 0.231 e. The van der Waals surface area contributed by atoms with Gasteiger partial charge in [0.2, 0.25) is 5.75 Å². The van der Waals surface area contributed by atoms with Crippen LogP contribution in [0.4, 0.5) is 4.39 Å². The van der Waals surface area contributed by atoms with E-state index in [0.29, 0.717) is 0 Å². The Hall–Kier alpha value is -1.56. The first-order valence-corrected chi connectivity index (χ1v) is 2.61. The number of halogens is 1. The maximum atomic E-state index is 12.3. The summed E-state index contributed by atoms with van der Waals surface area (Å²) in [6.07, 6.45) is 0. The van der Waals surface area contributed by atoms with Gasteiger partial charge >= 0.3 is 0 Å². The van der Waals surface area contributed by atoms with Crippen LogP contribution in [0.2, 0.25) is 0 Å². The van der Waals surface area contributed by atoms with Crippen molar-refractivity contribution in [3.8, 4) is 11.8 Å². The van der Waals surface area contributed by atoms with Crippen molar-refractivity contribution in [3.63, 3.8) is 0 Å². The second-order valence-electron chi connectivity index (χ2n) is 1.73. The highest BCUT2D eigenvalue weighted by atomic mass is 19.1. The molecule has 0 unspecified atom stereocenters. The Kier molecular flexibility index (Phi) is 1.55. The molecule has 0 N–H and O–H groups in total. The number of hydrogen-bond acceptors (Lipinski definition) is 1. The highest BCUT2D eigenvalue weighted by Crippen LogP contribution is 2.19. The fourth-order valence-electron chi connectivity index (χ4n) is 0.597. The van der Waals surface area contributed by atoms with Crippen molar-refractivity contribution >= 4 is 0 Å². The Balaban J connectivity index is 3.31. The predicted molar refractivity (Wildman–Crippen MR) is 31.2 cm³/mol. The third-order valence-corrected chi connectivity index (χ3v) is 1.09. The van der Waals surface area contributed by atoms with Gasteiger partial charge in [0.15, 0.2) is 5.82 Å². The monoisotopic (exact) mass is 136 g/mol. The molecule has 0 saturated carbocycles. The van der Waals surface area contributed by atoms with Crippen LogP contribution in [0.5, 0.6) is 5.75 Å². The van der Waals surface area contributed by atoms with Crippen LogP contribution in [0, 0.1) is 17.1 Å². The molecule has 0 aliphatic carbocycles. The molecular weight excluding hydrogens is 133 g/mol. The quantitative estimate of drug-likeness (QED) is 0.536. The molecule has 2 nitrogen and oxygen atoms in total. The molecule has 0 saturated heterocycles. The molecular formula is C7H3FNO. The first kappa shape index (κ1) is 6.56. The van der Waals surface area contributed by atoms with Crippen LogP contribution in [0.3, 0.4) is 0 Å². The van der Waals surface area contributed by atoms with E-state index < -0.39 is 11.6 Å². The van der Waals surface area contributed by atoms with Crippen LogP contribution < -0.4 is 0 Å². The molecule has 0 aromatic heterocycles. The van der Waals surface area contributed by atoms with Gasteiger partial charge in [-0.3, -0.25) is 5.11 Å². The van der Waals surface area contributed by atoms with Gasteiger partial charge in [0.1, 0.15) is 11.6 Å². The lowest BCUT2D eigenvalue weighted by molar-refractivity contribution is 0.328. The Labute approximate surface area is 57.1 Å². The molecule has 1 rings (SSSR count). The first-order valence-electron chi connectivity index (χ1n) is 2.61. The van der Waals surface area contributed by atoms with Gasteiger partial charge in [-0.1, -0.05) is 6.07 Å². The lowest BCUT2D eigenvalue weighted by Gasteiger charge is -1.90. The minimum Gasteiger partial charge on any atom is -0.285 e. The number of nitriles is 1. The third-order valence-electron chi connectivity index (χ3n) is 1.09. The average molecular weight is 136 g/mol. The van der Waals surface area contributed by atoms with E-state index in [4.69, 9.17) is 5.26 Å². The van der Waals surface area contributed by atoms with Gasteiger partial charge in [0.25, 0.3) is 0 Å². The molecule has 1 aromatic carbocycles. The van der Waals surface area contributed by atoms with E-state index in [1.165, 1.54) is 12.1 Å². The molecule has 3 heteroatoms. The van der Waals surface area contributed by atoms with E-state index in [1.54, 1.807) is 6.07 Å². The van der Waals surface area contributed by atoms with Crippen molar-refractivity contribution in [1.82, 2.24) is 0 Å². The molecule has 1 radical (unpaired) electrons. The summed E-state index contributed by atoms with van der Waals surface area (Å²) in [4.78, 5) is 0. The SMILES string of the molecule is N#Cc1cccc(F)c1[O]. The summed E-state index contributed by atoms with van der Waals surface area (Å²) in [5.41, 5.74) is -0.153. The van der Waals surface area contributed by atoms with Crippen LogP contribution in [-0.4, -0.2) is 0 Å². The standard InChI is InChI=1S/C7H3FNO/c8-6-3-1-2-5(4-9)7(6)10/h1-3H. The van der Waals surface area contributed by atoms with Crippen molar-refractivity contribution < 1.29 is 9.50 Å². The van der Waals surface area contributed by atoms with Gasteiger partial charge in [0.05, 0.1) is 0 Å². The number of nitrogens with zero attached hydrogens (tertiary/aromatic N) is 1. The third kappa shape index (κ3) is 0.914. The molecule has 0 spiro atoms. The highest BCUT2D eigenvalue weighted by molar-refractivity contribution is 5.42. The largest absolute Gasteiger partial charge is 0.285 e. The molecule has 1 aromatic rings. The van der Waals surface area contributed by atoms with Gasteiger partial charge in [0, 0.05) is 0 Å². The van der Waals surface area contributed by atoms with Gasteiger partial charge in [-0.2, -0.15) is 5.26 Å². The van der Waals surface area contributed by atoms with Crippen molar-refractivity contribution in [1.29, 1.82) is 5.26 Å². The van der Waals surface area contributed by atoms with Crippen LogP contribution in [0.1, 0.15) is 5.56 Å². The van der Waals surface area contributed by atoms with E-state index in [2.05, 4.69) is 0 Å². The minimum absolute atomic E-state index is 0.153. The Morgan fingerprint density at radius 1 is 1.50 bits per heavy atom. The minimum atomic E-state index is -0.876. The maximum Gasteiger partial charge on any atom is 0.231 e. The summed E-state index contributed by atoms with van der Waals surface area (Å²) in [7, 11) is 0. The van der Waals surface area contributed by atoms with Crippen LogP contribution in [-0.2, 0) is 5.11 Å². The topological polar surface area (TPSA) is 43.7 Å². The fraction of sp³-hybridized carbons (Fsp3) is 0. The Morgan fingerprint density at radius 2 is 2.20 bits per heavy atom. The molecule has 0 fully saturated rings. The second-order valence-corrected chi connectivity index (χ2v) is 1.73. The molecule has 49 valence electrons. The van der Waals surface area contributed by atoms with Crippen molar-refractivity contribution in [2.24, 2.45) is 0 Å². The summed E-state index contributed by atoms with van der Waals surface area (Å²) >= 11 is 0. The zero-order valence-corrected chi connectivity index (χ0v) is 4.97. The average Bonchev–Trinajstić information content (AvgIpc) is 1.95. The zero-order chi connectivity index (χ0) is 7.56. The van der Waals surface area contributed by atoms with E-state index >= 15 is 0 Å². The van der Waals surface area contributed by atoms with E-state index in [9.17, 15) is 9.50 Å². The maximum absolute atomic E-state index is 12.3. The lowest BCUT2D eigenvalue weighted by Crippen LogP contribution is -1.78. The van der Waals surface area contributed by atoms with E-state index in [1.807, 2.05) is 0 Å². The zero-order valence-electron chi connectivity index (χ0n) is 4.97. The lowest BCUT2D eigenvalue weighted by atomic mass is 10.2.